The molecule has 2 aromatic heterocycles. The number of hydrogen-bond donors (Lipinski definition) is 1. The van der Waals surface area contributed by atoms with E-state index in [1.54, 1.807) is 39.3 Å². The molecule has 0 radical (unpaired) electrons. The minimum absolute atomic E-state index is 0.296. The third kappa shape index (κ3) is 4.39. The lowest BCUT2D eigenvalue weighted by molar-refractivity contribution is 0.222. The van der Waals surface area contributed by atoms with Crippen molar-refractivity contribution in [3.63, 3.8) is 0 Å². The van der Waals surface area contributed by atoms with Gasteiger partial charge in [-0.25, -0.2) is 13.4 Å². The second kappa shape index (κ2) is 8.86. The van der Waals surface area contributed by atoms with Crippen molar-refractivity contribution in [3.05, 3.63) is 71.3 Å². The number of halogens is 1. The minimum Gasteiger partial charge on any atom is -0.340 e. The largest absolute Gasteiger partial charge is 0.340 e. The Kier molecular flexibility index (Phi) is 5.92. The van der Waals surface area contributed by atoms with Crippen molar-refractivity contribution < 1.29 is 8.42 Å². The van der Waals surface area contributed by atoms with Gasteiger partial charge in [-0.2, -0.15) is 13.9 Å². The molecule has 5 rings (SSSR count). The zero-order valence-corrected chi connectivity index (χ0v) is 20.4. The van der Waals surface area contributed by atoms with Crippen molar-refractivity contribution in [2.45, 2.75) is 4.90 Å². The summed E-state index contributed by atoms with van der Waals surface area (Å²) in [5, 5.41) is 7.77. The van der Waals surface area contributed by atoms with Crippen LogP contribution in [0.25, 0.3) is 16.9 Å². The fourth-order valence-electron chi connectivity index (χ4n) is 3.82. The highest BCUT2D eigenvalue weighted by Crippen LogP contribution is 2.28. The predicted molar refractivity (Wildman–Crippen MR) is 132 cm³/mol. The number of fused-ring (bicyclic) bond motifs is 1. The fourth-order valence-corrected chi connectivity index (χ4v) is 5.59. The van der Waals surface area contributed by atoms with E-state index >= 15 is 0 Å². The van der Waals surface area contributed by atoms with E-state index in [0.29, 0.717) is 23.6 Å². The molecule has 0 unspecified atom stereocenters. The van der Waals surface area contributed by atoms with E-state index in [1.807, 2.05) is 43.4 Å². The first-order valence-electron chi connectivity index (χ1n) is 10.6. The molecule has 1 saturated heterocycles. The van der Waals surface area contributed by atoms with Gasteiger partial charge in [-0.05, 0) is 47.2 Å². The van der Waals surface area contributed by atoms with Gasteiger partial charge in [0.15, 0.2) is 5.65 Å². The van der Waals surface area contributed by atoms with E-state index in [9.17, 15) is 8.42 Å². The lowest BCUT2D eigenvalue weighted by Crippen LogP contribution is -2.46. The number of anilines is 2. The number of rotatable bonds is 5. The first-order chi connectivity index (χ1) is 15.9. The molecule has 170 valence electrons. The summed E-state index contributed by atoms with van der Waals surface area (Å²) in [7, 11) is -1.50. The van der Waals surface area contributed by atoms with Crippen LogP contribution in [0, 0.1) is 0 Å². The highest BCUT2D eigenvalue weighted by atomic mass is 79.9. The number of piperazine rings is 1. The second-order valence-corrected chi connectivity index (χ2v) is 10.8. The molecule has 0 aliphatic carbocycles. The van der Waals surface area contributed by atoms with Gasteiger partial charge in [0, 0.05) is 43.5 Å². The molecule has 0 saturated carbocycles. The van der Waals surface area contributed by atoms with Gasteiger partial charge in [-0.15, -0.1) is 0 Å². The first-order valence-corrected chi connectivity index (χ1v) is 12.8. The van der Waals surface area contributed by atoms with E-state index < -0.39 is 10.0 Å². The van der Waals surface area contributed by atoms with Crippen LogP contribution < -0.4 is 5.32 Å². The predicted octanol–water partition coefficient (Wildman–Crippen LogP) is 3.84. The highest BCUT2D eigenvalue weighted by molar-refractivity contribution is 9.10. The number of likely N-dealkylation sites (N-methyl/N-ethyl adjacent to an activating group) is 1. The van der Waals surface area contributed by atoms with Crippen LogP contribution in [0.3, 0.4) is 0 Å². The molecular formula is C23H23BrN6O2S. The van der Waals surface area contributed by atoms with Crippen LogP contribution in [0.15, 0.2) is 76.2 Å². The molecule has 1 aliphatic heterocycles. The summed E-state index contributed by atoms with van der Waals surface area (Å²) >= 11 is 3.52. The summed E-state index contributed by atoms with van der Waals surface area (Å²) in [5.41, 5.74) is 3.24. The Labute approximate surface area is 201 Å². The molecule has 1 fully saturated rings. The summed E-state index contributed by atoms with van der Waals surface area (Å²) in [4.78, 5) is 7.16. The SMILES string of the molecule is CN1CCN(S(=O)(=O)c2ccc(Nc3cc(-c4ccccc4)nc4c(Br)cnn34)cc2)CC1. The van der Waals surface area contributed by atoms with E-state index in [0.717, 1.165) is 40.3 Å². The van der Waals surface area contributed by atoms with Gasteiger partial charge in [0.05, 0.1) is 21.3 Å². The summed E-state index contributed by atoms with van der Waals surface area (Å²) in [5.74, 6) is 0.722. The van der Waals surface area contributed by atoms with Gasteiger partial charge < -0.3 is 10.2 Å². The van der Waals surface area contributed by atoms with Crippen LogP contribution in [0.2, 0.25) is 0 Å². The summed E-state index contributed by atoms with van der Waals surface area (Å²) in [6, 6.07) is 18.7. The van der Waals surface area contributed by atoms with E-state index in [2.05, 4.69) is 31.2 Å². The molecule has 33 heavy (non-hydrogen) atoms. The Morgan fingerprint density at radius 2 is 1.67 bits per heavy atom. The third-order valence-electron chi connectivity index (χ3n) is 5.73. The zero-order chi connectivity index (χ0) is 23.0. The van der Waals surface area contributed by atoms with Crippen LogP contribution in [0.5, 0.6) is 0 Å². The number of aromatic nitrogens is 3. The normalized spacial score (nSPS) is 15.7. The quantitative estimate of drug-likeness (QED) is 0.425. The van der Waals surface area contributed by atoms with Crippen molar-refractivity contribution in [2.24, 2.45) is 0 Å². The van der Waals surface area contributed by atoms with Crippen LogP contribution in [0.1, 0.15) is 0 Å². The molecule has 8 nitrogen and oxygen atoms in total. The van der Waals surface area contributed by atoms with Gasteiger partial charge in [-0.1, -0.05) is 30.3 Å². The molecule has 2 aromatic carbocycles. The van der Waals surface area contributed by atoms with Crippen molar-refractivity contribution in [2.75, 3.05) is 38.5 Å². The first kappa shape index (κ1) is 22.0. The zero-order valence-electron chi connectivity index (χ0n) is 18.0. The third-order valence-corrected chi connectivity index (χ3v) is 8.20. The second-order valence-electron chi connectivity index (χ2n) is 7.98. The maximum atomic E-state index is 13.0. The Balaban J connectivity index is 1.44. The monoisotopic (exact) mass is 526 g/mol. The van der Waals surface area contributed by atoms with Gasteiger partial charge in [-0.3, -0.25) is 0 Å². The molecule has 0 atom stereocenters. The van der Waals surface area contributed by atoms with Crippen molar-refractivity contribution in [1.82, 2.24) is 23.8 Å². The molecule has 0 spiro atoms. The number of hydrogen-bond acceptors (Lipinski definition) is 6. The molecule has 10 heteroatoms. The number of nitrogens with zero attached hydrogens (tertiary/aromatic N) is 5. The Hall–Kier alpha value is -2.79. The summed E-state index contributed by atoms with van der Waals surface area (Å²) in [6.45, 7) is 2.48. The summed E-state index contributed by atoms with van der Waals surface area (Å²) in [6.07, 6.45) is 1.70. The average Bonchev–Trinajstić information content (AvgIpc) is 3.21. The van der Waals surface area contributed by atoms with Crippen molar-refractivity contribution >= 4 is 43.1 Å². The lowest BCUT2D eigenvalue weighted by atomic mass is 10.1. The highest BCUT2D eigenvalue weighted by Gasteiger charge is 2.27. The Morgan fingerprint density at radius 1 is 0.970 bits per heavy atom. The Bertz CT molecular complexity index is 1380. The lowest BCUT2D eigenvalue weighted by Gasteiger charge is -2.31. The van der Waals surface area contributed by atoms with Crippen molar-refractivity contribution in [3.8, 4) is 11.3 Å². The summed E-state index contributed by atoms with van der Waals surface area (Å²) < 4.78 is 30.1. The average molecular weight is 527 g/mol. The van der Waals surface area contributed by atoms with Gasteiger partial charge in [0.25, 0.3) is 0 Å². The van der Waals surface area contributed by atoms with Crippen LogP contribution in [0.4, 0.5) is 11.5 Å². The fraction of sp³-hybridized carbons (Fsp3) is 0.217. The molecular weight excluding hydrogens is 504 g/mol. The molecule has 3 heterocycles. The topological polar surface area (TPSA) is 82.8 Å². The molecule has 0 bridgehead atoms. The smallest absolute Gasteiger partial charge is 0.243 e. The van der Waals surface area contributed by atoms with Crippen LogP contribution in [-0.2, 0) is 10.0 Å². The maximum Gasteiger partial charge on any atom is 0.243 e. The van der Waals surface area contributed by atoms with Gasteiger partial charge >= 0.3 is 0 Å². The van der Waals surface area contributed by atoms with Gasteiger partial charge in [0.2, 0.25) is 10.0 Å². The standard InChI is InChI=1S/C23H23BrN6O2S/c1-28-11-13-29(14-12-28)33(31,32)19-9-7-18(8-10-19)26-22-15-21(17-5-3-2-4-6-17)27-23-20(24)16-25-30(22)23/h2-10,15-16,26H,11-14H2,1H3. The molecule has 1 N–H and O–H groups in total. The van der Waals surface area contributed by atoms with E-state index in [-0.39, 0.29) is 0 Å². The van der Waals surface area contributed by atoms with Gasteiger partial charge in [0.1, 0.15) is 5.82 Å². The number of sulfonamides is 1. The molecule has 1 aliphatic rings. The van der Waals surface area contributed by atoms with Crippen LogP contribution in [-0.4, -0.2) is 65.4 Å². The van der Waals surface area contributed by atoms with E-state index in [1.165, 1.54) is 0 Å². The molecule has 0 amide bonds. The maximum absolute atomic E-state index is 13.0. The van der Waals surface area contributed by atoms with E-state index in [4.69, 9.17) is 4.98 Å². The van der Waals surface area contributed by atoms with Crippen molar-refractivity contribution in [1.29, 1.82) is 0 Å². The molecule has 4 aromatic rings. The van der Waals surface area contributed by atoms with Crippen LogP contribution >= 0.6 is 15.9 Å². The number of nitrogens with one attached hydrogen (secondary N) is 1. The number of benzene rings is 2. The minimum atomic E-state index is -3.50. The Morgan fingerprint density at radius 3 is 2.36 bits per heavy atom.